The lowest BCUT2D eigenvalue weighted by molar-refractivity contribution is 0.1000. The molecule has 0 aliphatic carbocycles. The summed E-state index contributed by atoms with van der Waals surface area (Å²) in [6.45, 7) is 8.56. The fraction of sp³-hybridized carbons (Fsp3) is 0.560. The number of methoxy groups -OCH3 is 1. The predicted molar refractivity (Wildman–Crippen MR) is 123 cm³/mol. The van der Waals surface area contributed by atoms with Gasteiger partial charge in [0.25, 0.3) is 5.91 Å². The highest BCUT2D eigenvalue weighted by atomic mass is 16.5. The first-order valence-electron chi connectivity index (χ1n) is 11.4. The SMILES string of the molecule is CCCCCc1c(-c2ccc(OC)cc2)c(C(N)=O)c(C)n1CCN1CCCCC1. The van der Waals surface area contributed by atoms with Crippen molar-refractivity contribution < 1.29 is 9.53 Å². The molecule has 2 N–H and O–H groups in total. The molecule has 0 bridgehead atoms. The van der Waals surface area contributed by atoms with Crippen molar-refractivity contribution in [3.63, 3.8) is 0 Å². The highest BCUT2D eigenvalue weighted by molar-refractivity contribution is 6.02. The molecule has 5 nitrogen and oxygen atoms in total. The second-order valence-electron chi connectivity index (χ2n) is 8.39. The predicted octanol–water partition coefficient (Wildman–Crippen LogP) is 4.79. The summed E-state index contributed by atoms with van der Waals surface area (Å²) in [6, 6.07) is 7.99. The van der Waals surface area contributed by atoms with Gasteiger partial charge in [0, 0.05) is 30.0 Å². The quantitative estimate of drug-likeness (QED) is 0.572. The lowest BCUT2D eigenvalue weighted by Crippen LogP contribution is -2.33. The van der Waals surface area contributed by atoms with Crippen molar-refractivity contribution in [1.29, 1.82) is 0 Å². The summed E-state index contributed by atoms with van der Waals surface area (Å²) in [5, 5.41) is 0. The second-order valence-corrected chi connectivity index (χ2v) is 8.39. The zero-order valence-corrected chi connectivity index (χ0v) is 18.9. The van der Waals surface area contributed by atoms with E-state index in [1.807, 2.05) is 31.2 Å². The minimum atomic E-state index is -0.341. The van der Waals surface area contributed by atoms with Gasteiger partial charge < -0.3 is 19.9 Å². The number of nitrogens with two attached hydrogens (primary N) is 1. The van der Waals surface area contributed by atoms with Crippen LogP contribution in [-0.4, -0.2) is 42.1 Å². The van der Waals surface area contributed by atoms with Crippen molar-refractivity contribution in [1.82, 2.24) is 9.47 Å². The first-order chi connectivity index (χ1) is 14.6. The topological polar surface area (TPSA) is 60.5 Å². The summed E-state index contributed by atoms with van der Waals surface area (Å²) in [5.41, 5.74) is 10.9. The van der Waals surface area contributed by atoms with E-state index in [1.54, 1.807) is 7.11 Å². The molecule has 164 valence electrons. The minimum absolute atomic E-state index is 0.341. The second kappa shape index (κ2) is 10.7. The van der Waals surface area contributed by atoms with Gasteiger partial charge in [-0.3, -0.25) is 4.79 Å². The van der Waals surface area contributed by atoms with Crippen molar-refractivity contribution >= 4 is 5.91 Å². The normalized spacial score (nSPS) is 14.8. The molecular weight excluding hydrogens is 374 g/mol. The van der Waals surface area contributed by atoms with Crippen LogP contribution < -0.4 is 10.5 Å². The van der Waals surface area contributed by atoms with E-state index in [-0.39, 0.29) is 5.91 Å². The van der Waals surface area contributed by atoms with Crippen molar-refractivity contribution in [2.24, 2.45) is 5.73 Å². The largest absolute Gasteiger partial charge is 0.497 e. The van der Waals surface area contributed by atoms with Gasteiger partial charge in [-0.05, 0) is 63.4 Å². The van der Waals surface area contributed by atoms with Gasteiger partial charge in [-0.25, -0.2) is 0 Å². The first kappa shape index (κ1) is 22.4. The third kappa shape index (κ3) is 5.07. The molecule has 0 saturated carbocycles. The van der Waals surface area contributed by atoms with Crippen molar-refractivity contribution in [3.8, 4) is 16.9 Å². The molecule has 0 atom stereocenters. The average Bonchev–Trinajstić information content (AvgIpc) is 3.04. The monoisotopic (exact) mass is 411 g/mol. The fourth-order valence-corrected chi connectivity index (χ4v) is 4.70. The third-order valence-electron chi connectivity index (χ3n) is 6.36. The molecule has 1 aromatic carbocycles. The van der Waals surface area contributed by atoms with Gasteiger partial charge >= 0.3 is 0 Å². The van der Waals surface area contributed by atoms with Crippen LogP contribution in [0.2, 0.25) is 0 Å². The van der Waals surface area contributed by atoms with E-state index in [4.69, 9.17) is 10.5 Å². The molecule has 0 spiro atoms. The number of ether oxygens (including phenoxy) is 1. The molecule has 1 saturated heterocycles. The first-order valence-corrected chi connectivity index (χ1v) is 11.4. The summed E-state index contributed by atoms with van der Waals surface area (Å²) in [4.78, 5) is 15.1. The van der Waals surface area contributed by atoms with E-state index >= 15 is 0 Å². The molecule has 1 aliphatic heterocycles. The van der Waals surface area contributed by atoms with Crippen LogP contribution in [0.1, 0.15) is 67.2 Å². The van der Waals surface area contributed by atoms with Crippen LogP contribution in [0, 0.1) is 6.92 Å². The maximum Gasteiger partial charge on any atom is 0.251 e. The number of hydrogen-bond acceptors (Lipinski definition) is 3. The number of rotatable bonds is 10. The van der Waals surface area contributed by atoms with E-state index in [1.165, 1.54) is 50.9 Å². The number of aromatic nitrogens is 1. The number of nitrogens with zero attached hydrogens (tertiary/aromatic N) is 2. The lowest BCUT2D eigenvalue weighted by atomic mass is 9.97. The molecule has 1 aliphatic rings. The minimum Gasteiger partial charge on any atom is -0.497 e. The van der Waals surface area contributed by atoms with Gasteiger partial charge in [0.05, 0.1) is 12.7 Å². The molecule has 0 radical (unpaired) electrons. The van der Waals surface area contributed by atoms with Crippen LogP contribution in [0.25, 0.3) is 11.1 Å². The van der Waals surface area contributed by atoms with Crippen molar-refractivity contribution in [2.75, 3.05) is 26.7 Å². The Morgan fingerprint density at radius 3 is 2.37 bits per heavy atom. The Bertz CT molecular complexity index is 833. The number of hydrogen-bond donors (Lipinski definition) is 1. The zero-order valence-electron chi connectivity index (χ0n) is 18.9. The van der Waals surface area contributed by atoms with Crippen LogP contribution in [0.3, 0.4) is 0 Å². The van der Waals surface area contributed by atoms with E-state index in [9.17, 15) is 4.79 Å². The van der Waals surface area contributed by atoms with E-state index in [2.05, 4.69) is 16.4 Å². The summed E-state index contributed by atoms with van der Waals surface area (Å²) in [7, 11) is 1.67. The lowest BCUT2D eigenvalue weighted by Gasteiger charge is -2.27. The number of primary amides is 1. The molecule has 2 aromatic rings. The molecule has 1 amide bonds. The Morgan fingerprint density at radius 1 is 1.07 bits per heavy atom. The van der Waals surface area contributed by atoms with Crippen LogP contribution >= 0.6 is 0 Å². The van der Waals surface area contributed by atoms with Gasteiger partial charge in [-0.15, -0.1) is 0 Å². The third-order valence-corrected chi connectivity index (χ3v) is 6.36. The standard InChI is InChI=1S/C25H37N3O2/c1-4-5-7-10-22-24(20-11-13-21(30-3)14-12-20)23(25(26)29)19(2)28(22)18-17-27-15-8-6-9-16-27/h11-14H,4-10,15-18H2,1-3H3,(H2,26,29). The summed E-state index contributed by atoms with van der Waals surface area (Å²) in [6.07, 6.45) is 8.36. The molecule has 5 heteroatoms. The Hall–Kier alpha value is -2.27. The molecule has 3 rings (SSSR count). The highest BCUT2D eigenvalue weighted by Crippen LogP contribution is 2.35. The van der Waals surface area contributed by atoms with Crippen molar-refractivity contribution in [3.05, 3.63) is 41.2 Å². The molecule has 30 heavy (non-hydrogen) atoms. The molecule has 2 heterocycles. The van der Waals surface area contributed by atoms with Gasteiger partial charge in [0.2, 0.25) is 0 Å². The number of amides is 1. The van der Waals surface area contributed by atoms with E-state index in [0.717, 1.165) is 48.5 Å². The number of carbonyl (C=O) groups excluding carboxylic acids is 1. The van der Waals surface area contributed by atoms with E-state index < -0.39 is 0 Å². The van der Waals surface area contributed by atoms with Crippen LogP contribution in [0.5, 0.6) is 5.75 Å². The average molecular weight is 412 g/mol. The van der Waals surface area contributed by atoms with Crippen molar-refractivity contribution in [2.45, 2.75) is 65.3 Å². The maximum absolute atomic E-state index is 12.5. The van der Waals surface area contributed by atoms with Crippen LogP contribution in [0.15, 0.2) is 24.3 Å². The Balaban J connectivity index is 2.01. The molecule has 1 aromatic heterocycles. The molecular formula is C25H37N3O2. The number of likely N-dealkylation sites (tertiary alicyclic amines) is 1. The molecule has 0 unspecified atom stereocenters. The van der Waals surface area contributed by atoms with Crippen LogP contribution in [0.4, 0.5) is 0 Å². The van der Waals surface area contributed by atoms with Gasteiger partial charge in [0.1, 0.15) is 5.75 Å². The smallest absolute Gasteiger partial charge is 0.251 e. The van der Waals surface area contributed by atoms with E-state index in [0.29, 0.717) is 5.56 Å². The number of unbranched alkanes of at least 4 members (excludes halogenated alkanes) is 2. The summed E-state index contributed by atoms with van der Waals surface area (Å²) >= 11 is 0. The fourth-order valence-electron chi connectivity index (χ4n) is 4.70. The highest BCUT2D eigenvalue weighted by Gasteiger charge is 2.25. The maximum atomic E-state index is 12.5. The zero-order chi connectivity index (χ0) is 21.5. The Morgan fingerprint density at radius 2 is 1.77 bits per heavy atom. The van der Waals surface area contributed by atoms with Gasteiger partial charge in [0.15, 0.2) is 0 Å². The van der Waals surface area contributed by atoms with Gasteiger partial charge in [-0.1, -0.05) is 38.3 Å². The summed E-state index contributed by atoms with van der Waals surface area (Å²) in [5.74, 6) is 0.472. The summed E-state index contributed by atoms with van der Waals surface area (Å²) < 4.78 is 7.69. The number of piperidine rings is 1. The molecule has 1 fully saturated rings. The van der Waals surface area contributed by atoms with Gasteiger partial charge in [-0.2, -0.15) is 0 Å². The number of benzene rings is 1. The Labute approximate surface area is 181 Å². The number of carbonyl (C=O) groups is 1. The van der Waals surface area contributed by atoms with Crippen LogP contribution in [-0.2, 0) is 13.0 Å². The Kier molecular flexibility index (Phi) is 7.97.